The van der Waals surface area contributed by atoms with Gasteiger partial charge in [0.2, 0.25) is 0 Å². The number of hydrogen-bond acceptors (Lipinski definition) is 5. The highest BCUT2D eigenvalue weighted by atomic mass is 16.5. The lowest BCUT2D eigenvalue weighted by atomic mass is 9.99. The molecule has 0 aliphatic carbocycles. The van der Waals surface area contributed by atoms with Crippen molar-refractivity contribution in [2.24, 2.45) is 5.92 Å². The van der Waals surface area contributed by atoms with E-state index in [4.69, 9.17) is 14.2 Å². The number of amides is 2. The molecule has 2 N–H and O–H groups in total. The molecule has 0 heterocycles. The first-order valence-corrected chi connectivity index (χ1v) is 14.6. The average Bonchev–Trinajstić information content (AvgIpc) is 2.92. The van der Waals surface area contributed by atoms with Crippen LogP contribution in [0.1, 0.15) is 106 Å². The number of ether oxygens (including phenoxy) is 3. The quantitative estimate of drug-likeness (QED) is 0.240. The van der Waals surface area contributed by atoms with Gasteiger partial charge in [0.25, 0.3) is 11.8 Å². The van der Waals surface area contributed by atoms with E-state index in [0.717, 1.165) is 56.3 Å². The summed E-state index contributed by atoms with van der Waals surface area (Å²) in [6.07, 6.45) is 7.28. The van der Waals surface area contributed by atoms with Crippen molar-refractivity contribution < 1.29 is 23.8 Å². The number of methoxy groups -OCH3 is 3. The molecule has 2 aromatic carbocycles. The van der Waals surface area contributed by atoms with E-state index in [2.05, 4.69) is 45.3 Å². The van der Waals surface area contributed by atoms with Crippen molar-refractivity contribution in [1.29, 1.82) is 0 Å². The molecule has 40 heavy (non-hydrogen) atoms. The van der Waals surface area contributed by atoms with Crippen LogP contribution in [-0.2, 0) is 0 Å². The lowest BCUT2D eigenvalue weighted by Gasteiger charge is -2.20. The highest BCUT2D eigenvalue weighted by molar-refractivity contribution is 5.95. The molecule has 7 heteroatoms. The summed E-state index contributed by atoms with van der Waals surface area (Å²) in [5.41, 5.74) is 2.28. The Morgan fingerprint density at radius 3 is 1.57 bits per heavy atom. The summed E-state index contributed by atoms with van der Waals surface area (Å²) in [4.78, 5) is 24.6. The first-order chi connectivity index (χ1) is 19.1. The second kappa shape index (κ2) is 19.0. The topological polar surface area (TPSA) is 85.9 Å². The average molecular weight is 557 g/mol. The number of benzene rings is 2. The summed E-state index contributed by atoms with van der Waals surface area (Å²) in [5.74, 6) is 2.55. The van der Waals surface area contributed by atoms with Crippen LogP contribution in [0.2, 0.25) is 0 Å². The van der Waals surface area contributed by atoms with E-state index < -0.39 is 0 Å². The Labute approximate surface area is 242 Å². The molecule has 2 aromatic rings. The summed E-state index contributed by atoms with van der Waals surface area (Å²) in [5, 5.41) is 6.24. The fraction of sp³-hybridized carbons (Fsp3) is 0.576. The molecule has 0 saturated carbocycles. The Hall–Kier alpha value is -3.22. The molecule has 0 fully saturated rings. The summed E-state index contributed by atoms with van der Waals surface area (Å²) in [6, 6.07) is 11.3. The molecule has 0 spiro atoms. The van der Waals surface area contributed by atoms with Crippen molar-refractivity contribution in [2.75, 3.05) is 21.3 Å². The third-order valence-corrected chi connectivity index (χ3v) is 6.64. The number of rotatable bonds is 15. The van der Waals surface area contributed by atoms with Crippen LogP contribution >= 0.6 is 0 Å². The van der Waals surface area contributed by atoms with E-state index in [1.165, 1.54) is 0 Å². The van der Waals surface area contributed by atoms with Gasteiger partial charge in [0.1, 0.15) is 5.75 Å². The molecule has 2 amide bonds. The van der Waals surface area contributed by atoms with Crippen molar-refractivity contribution in [1.82, 2.24) is 10.6 Å². The van der Waals surface area contributed by atoms with Crippen LogP contribution in [0.5, 0.6) is 17.2 Å². The number of carbonyl (C=O) groups is 2. The van der Waals surface area contributed by atoms with Gasteiger partial charge in [-0.15, -0.1) is 0 Å². The van der Waals surface area contributed by atoms with Crippen LogP contribution in [0.15, 0.2) is 36.4 Å². The van der Waals surface area contributed by atoms with Gasteiger partial charge in [0.05, 0.1) is 21.3 Å². The third-order valence-electron chi connectivity index (χ3n) is 6.64. The normalized spacial score (nSPS) is 11.4. The summed E-state index contributed by atoms with van der Waals surface area (Å²) in [7, 11) is 4.79. The van der Waals surface area contributed by atoms with Gasteiger partial charge >= 0.3 is 0 Å². The second-order valence-corrected chi connectivity index (χ2v) is 10.6. The predicted octanol–water partition coefficient (Wildman–Crippen LogP) is 7.35. The van der Waals surface area contributed by atoms with Gasteiger partial charge in [0, 0.05) is 23.2 Å². The zero-order chi connectivity index (χ0) is 30.1. The predicted molar refractivity (Wildman–Crippen MR) is 164 cm³/mol. The van der Waals surface area contributed by atoms with Gasteiger partial charge in [-0.1, -0.05) is 53.9 Å². The standard InChI is InChI=1S/C17H27NO2.C16H25NO3/c1-6-7-15(10-12(2)3)18-17(19)14-8-9-16(20-5)13(4)11-14;1-5-7-13(8-6-2)17-16(18)12-9-10-14(19-3)15(11-12)20-4/h8-9,11-12,15H,6-7,10H2,1-5H3,(H,18,19);9-11,13H,5-8H2,1-4H3,(H,17,18). The van der Waals surface area contributed by atoms with Crippen LogP contribution in [0.25, 0.3) is 0 Å². The minimum Gasteiger partial charge on any atom is -0.496 e. The molecule has 7 nitrogen and oxygen atoms in total. The van der Waals surface area contributed by atoms with Gasteiger partial charge in [-0.2, -0.15) is 0 Å². The number of hydrogen-bond donors (Lipinski definition) is 2. The molecular weight excluding hydrogens is 504 g/mol. The van der Waals surface area contributed by atoms with Crippen molar-refractivity contribution in [3.8, 4) is 17.2 Å². The molecule has 0 aliphatic rings. The molecule has 1 unspecified atom stereocenters. The lowest BCUT2D eigenvalue weighted by Crippen LogP contribution is -2.35. The first kappa shape index (κ1) is 34.8. The van der Waals surface area contributed by atoms with Gasteiger partial charge in [-0.25, -0.2) is 0 Å². The Morgan fingerprint density at radius 1 is 0.675 bits per heavy atom. The molecule has 0 saturated heterocycles. The monoisotopic (exact) mass is 556 g/mol. The molecule has 0 aliphatic heterocycles. The second-order valence-electron chi connectivity index (χ2n) is 10.6. The molecule has 2 rings (SSSR count). The highest BCUT2D eigenvalue weighted by Crippen LogP contribution is 2.27. The number of aryl methyl sites for hydroxylation is 1. The van der Waals surface area contributed by atoms with E-state index in [0.29, 0.717) is 28.5 Å². The molecule has 1 atom stereocenters. The lowest BCUT2D eigenvalue weighted by molar-refractivity contribution is 0.0922. The zero-order valence-corrected chi connectivity index (χ0v) is 26.2. The minimum atomic E-state index is -0.0575. The molecule has 0 aromatic heterocycles. The fourth-order valence-electron chi connectivity index (χ4n) is 4.69. The van der Waals surface area contributed by atoms with E-state index in [1.807, 2.05) is 25.1 Å². The van der Waals surface area contributed by atoms with Gasteiger partial charge < -0.3 is 24.8 Å². The van der Waals surface area contributed by atoms with Crippen molar-refractivity contribution >= 4 is 11.8 Å². The van der Waals surface area contributed by atoms with Crippen LogP contribution < -0.4 is 24.8 Å². The van der Waals surface area contributed by atoms with Gasteiger partial charge in [-0.05, 0) is 80.5 Å². The first-order valence-electron chi connectivity index (χ1n) is 14.6. The SMILES string of the molecule is CCCC(CC(C)C)NC(=O)c1ccc(OC)c(C)c1.CCCC(CCC)NC(=O)c1ccc(OC)c(OC)c1. The molecule has 224 valence electrons. The minimum absolute atomic E-state index is 0.00912. The maximum atomic E-state index is 12.3. The molecule has 0 radical (unpaired) electrons. The van der Waals surface area contributed by atoms with Gasteiger partial charge in [-0.3, -0.25) is 9.59 Å². The Bertz CT molecular complexity index is 1030. The van der Waals surface area contributed by atoms with Crippen LogP contribution in [0.4, 0.5) is 0 Å². The zero-order valence-electron chi connectivity index (χ0n) is 26.2. The summed E-state index contributed by atoms with van der Waals surface area (Å²) >= 11 is 0. The van der Waals surface area contributed by atoms with E-state index >= 15 is 0 Å². The van der Waals surface area contributed by atoms with Crippen LogP contribution in [-0.4, -0.2) is 45.2 Å². The summed E-state index contributed by atoms with van der Waals surface area (Å²) < 4.78 is 15.6. The van der Waals surface area contributed by atoms with Crippen LogP contribution in [0, 0.1) is 12.8 Å². The van der Waals surface area contributed by atoms with Crippen molar-refractivity contribution in [3.05, 3.63) is 53.1 Å². The largest absolute Gasteiger partial charge is 0.496 e. The number of carbonyl (C=O) groups excluding carboxylic acids is 2. The highest BCUT2D eigenvalue weighted by Gasteiger charge is 2.16. The maximum absolute atomic E-state index is 12.3. The van der Waals surface area contributed by atoms with Gasteiger partial charge in [0.15, 0.2) is 11.5 Å². The number of nitrogens with one attached hydrogen (secondary N) is 2. The summed E-state index contributed by atoms with van der Waals surface area (Å²) in [6.45, 7) is 12.7. The third kappa shape index (κ3) is 11.9. The van der Waals surface area contributed by atoms with E-state index in [-0.39, 0.29) is 23.9 Å². The Kier molecular flexibility index (Phi) is 16.5. The molecular formula is C33H52N2O5. The smallest absolute Gasteiger partial charge is 0.251 e. The van der Waals surface area contributed by atoms with E-state index in [9.17, 15) is 9.59 Å². The Balaban J connectivity index is 0.000000400. The van der Waals surface area contributed by atoms with Crippen molar-refractivity contribution in [2.45, 2.75) is 98.6 Å². The van der Waals surface area contributed by atoms with E-state index in [1.54, 1.807) is 39.5 Å². The van der Waals surface area contributed by atoms with Crippen molar-refractivity contribution in [3.63, 3.8) is 0 Å². The van der Waals surface area contributed by atoms with Crippen LogP contribution in [0.3, 0.4) is 0 Å². The maximum Gasteiger partial charge on any atom is 0.251 e. The Morgan fingerprint density at radius 2 is 1.12 bits per heavy atom. The molecule has 0 bridgehead atoms. The fourth-order valence-corrected chi connectivity index (χ4v) is 4.69.